The number of hydrogen-bond donors (Lipinski definition) is 1. The van der Waals surface area contributed by atoms with E-state index in [0.717, 1.165) is 22.0 Å². The molecule has 1 heterocycles. The van der Waals surface area contributed by atoms with Crippen molar-refractivity contribution in [1.82, 2.24) is 4.90 Å². The van der Waals surface area contributed by atoms with Gasteiger partial charge in [0, 0.05) is 29.9 Å². The number of carbonyl (C=O) groups excluding carboxylic acids is 1. The molecule has 19 heavy (non-hydrogen) atoms. The second kappa shape index (κ2) is 4.97. The van der Waals surface area contributed by atoms with E-state index in [0.29, 0.717) is 11.1 Å². The van der Waals surface area contributed by atoms with Gasteiger partial charge in [0.1, 0.15) is 5.58 Å². The normalized spacial score (nSPS) is 10.7. The van der Waals surface area contributed by atoms with Gasteiger partial charge in [-0.05, 0) is 36.9 Å². The van der Waals surface area contributed by atoms with E-state index in [4.69, 9.17) is 9.52 Å². The first-order valence-corrected chi connectivity index (χ1v) is 6.37. The first-order chi connectivity index (χ1) is 8.90. The number of furan rings is 1. The molecule has 2 rings (SSSR count). The van der Waals surface area contributed by atoms with Crippen LogP contribution < -0.4 is 0 Å². The third-order valence-electron chi connectivity index (χ3n) is 2.67. The molecule has 1 N–H and O–H groups in total. The minimum Gasteiger partial charge on any atom is -0.475 e. The Morgan fingerprint density at radius 2 is 2.00 bits per heavy atom. The second-order valence-electron chi connectivity index (χ2n) is 4.28. The summed E-state index contributed by atoms with van der Waals surface area (Å²) in [6, 6.07) is 5.23. The van der Waals surface area contributed by atoms with Gasteiger partial charge in [0.25, 0.3) is 5.24 Å². The minimum absolute atomic E-state index is 0.0592. The number of fused-ring (bicyclic) bond motifs is 1. The summed E-state index contributed by atoms with van der Waals surface area (Å²) in [7, 11) is 3.35. The molecule has 0 spiro atoms. The average Bonchev–Trinajstić information content (AvgIpc) is 2.66. The van der Waals surface area contributed by atoms with Crippen molar-refractivity contribution >= 4 is 33.9 Å². The molecule has 0 aliphatic carbocycles. The lowest BCUT2D eigenvalue weighted by Crippen LogP contribution is -2.15. The van der Waals surface area contributed by atoms with E-state index in [9.17, 15) is 9.59 Å². The number of thioether (sulfide) groups is 1. The SMILES string of the molecule is Cc1c(C(=O)O)oc2cc(SC(=O)N(C)C)ccc12. The molecule has 0 saturated heterocycles. The molecule has 0 atom stereocenters. The zero-order chi connectivity index (χ0) is 14.2. The molecule has 100 valence electrons. The molecule has 0 radical (unpaired) electrons. The Balaban J connectivity index is 2.41. The molecule has 1 aromatic carbocycles. The standard InChI is InChI=1S/C13H13NO4S/c1-7-9-5-4-8(19-13(17)14(2)3)6-10(9)18-11(7)12(15)16/h4-6H,1-3H3,(H,15,16). The smallest absolute Gasteiger partial charge is 0.372 e. The molecular weight excluding hydrogens is 266 g/mol. The van der Waals surface area contributed by atoms with Crippen LogP contribution in [0.1, 0.15) is 16.1 Å². The molecule has 6 heteroatoms. The zero-order valence-corrected chi connectivity index (χ0v) is 11.6. The molecule has 1 amide bonds. The summed E-state index contributed by atoms with van der Waals surface area (Å²) in [4.78, 5) is 24.8. The quantitative estimate of drug-likeness (QED) is 0.855. The fourth-order valence-corrected chi connectivity index (χ4v) is 2.35. The van der Waals surface area contributed by atoms with Gasteiger partial charge in [0.05, 0.1) is 0 Å². The molecule has 0 saturated carbocycles. The van der Waals surface area contributed by atoms with Crippen molar-refractivity contribution in [1.29, 1.82) is 0 Å². The third kappa shape index (κ3) is 2.58. The first kappa shape index (κ1) is 13.5. The van der Waals surface area contributed by atoms with Crippen LogP contribution >= 0.6 is 11.8 Å². The summed E-state index contributed by atoms with van der Waals surface area (Å²) in [6.07, 6.45) is 0. The Hall–Kier alpha value is -1.95. The van der Waals surface area contributed by atoms with Crippen molar-refractivity contribution in [2.24, 2.45) is 0 Å². The Morgan fingerprint density at radius 1 is 1.32 bits per heavy atom. The summed E-state index contributed by atoms with van der Waals surface area (Å²) in [6.45, 7) is 1.70. The Morgan fingerprint density at radius 3 is 2.58 bits per heavy atom. The summed E-state index contributed by atoms with van der Waals surface area (Å²) < 4.78 is 5.31. The van der Waals surface area contributed by atoms with E-state index in [1.807, 2.05) is 0 Å². The van der Waals surface area contributed by atoms with E-state index >= 15 is 0 Å². The number of rotatable bonds is 2. The predicted molar refractivity (Wildman–Crippen MR) is 72.9 cm³/mol. The van der Waals surface area contributed by atoms with Crippen molar-refractivity contribution in [3.8, 4) is 0 Å². The van der Waals surface area contributed by atoms with E-state index < -0.39 is 5.97 Å². The second-order valence-corrected chi connectivity index (χ2v) is 5.31. The van der Waals surface area contributed by atoms with Crippen LogP contribution in [0.5, 0.6) is 0 Å². The highest BCUT2D eigenvalue weighted by atomic mass is 32.2. The number of carbonyl (C=O) groups is 2. The highest BCUT2D eigenvalue weighted by Crippen LogP contribution is 2.30. The van der Waals surface area contributed by atoms with Crippen LogP contribution in [0.25, 0.3) is 11.0 Å². The largest absolute Gasteiger partial charge is 0.475 e. The van der Waals surface area contributed by atoms with Crippen molar-refractivity contribution in [3.05, 3.63) is 29.5 Å². The summed E-state index contributed by atoms with van der Waals surface area (Å²) in [5.41, 5.74) is 1.07. The lowest BCUT2D eigenvalue weighted by Gasteiger charge is -2.08. The maximum Gasteiger partial charge on any atom is 0.372 e. The van der Waals surface area contributed by atoms with Crippen molar-refractivity contribution in [3.63, 3.8) is 0 Å². The Bertz CT molecular complexity index is 660. The van der Waals surface area contributed by atoms with Crippen molar-refractivity contribution in [2.75, 3.05) is 14.1 Å². The molecule has 0 aliphatic rings. The fraction of sp³-hybridized carbons (Fsp3) is 0.231. The van der Waals surface area contributed by atoms with E-state index in [1.54, 1.807) is 39.2 Å². The topological polar surface area (TPSA) is 70.7 Å². The van der Waals surface area contributed by atoms with Crippen LogP contribution in [0.2, 0.25) is 0 Å². The number of nitrogens with zero attached hydrogens (tertiary/aromatic N) is 1. The first-order valence-electron chi connectivity index (χ1n) is 5.55. The van der Waals surface area contributed by atoms with Gasteiger partial charge in [0.15, 0.2) is 0 Å². The third-order valence-corrected chi connectivity index (χ3v) is 3.70. The number of hydrogen-bond acceptors (Lipinski definition) is 4. The molecule has 0 aliphatic heterocycles. The Kier molecular flexibility index (Phi) is 3.53. The number of carboxylic acid groups (broad SMARTS) is 1. The number of benzene rings is 1. The van der Waals surface area contributed by atoms with Gasteiger partial charge in [-0.25, -0.2) is 4.79 Å². The maximum atomic E-state index is 11.6. The van der Waals surface area contributed by atoms with Crippen LogP contribution in [-0.4, -0.2) is 35.3 Å². The van der Waals surface area contributed by atoms with Crippen LogP contribution in [0.4, 0.5) is 4.79 Å². The van der Waals surface area contributed by atoms with Gasteiger partial charge in [-0.1, -0.05) is 0 Å². The molecule has 2 aromatic rings. The molecule has 0 bridgehead atoms. The lowest BCUT2D eigenvalue weighted by atomic mass is 10.1. The number of aryl methyl sites for hydroxylation is 1. The number of amides is 1. The van der Waals surface area contributed by atoms with E-state index in [-0.39, 0.29) is 11.0 Å². The fourth-order valence-electron chi connectivity index (χ4n) is 1.67. The van der Waals surface area contributed by atoms with Gasteiger partial charge in [-0.3, -0.25) is 4.79 Å². The number of aromatic carboxylic acids is 1. The van der Waals surface area contributed by atoms with Gasteiger partial charge in [0.2, 0.25) is 5.76 Å². The van der Waals surface area contributed by atoms with Crippen LogP contribution in [0.15, 0.2) is 27.5 Å². The molecule has 5 nitrogen and oxygen atoms in total. The maximum absolute atomic E-state index is 11.6. The highest BCUT2D eigenvalue weighted by molar-refractivity contribution is 8.13. The van der Waals surface area contributed by atoms with Gasteiger partial charge < -0.3 is 14.4 Å². The number of carboxylic acids is 1. The minimum atomic E-state index is -1.09. The monoisotopic (exact) mass is 279 g/mol. The molecule has 0 unspecified atom stereocenters. The van der Waals surface area contributed by atoms with Crippen molar-refractivity contribution < 1.29 is 19.1 Å². The summed E-state index contributed by atoms with van der Waals surface area (Å²) in [5, 5.41) is 9.65. The lowest BCUT2D eigenvalue weighted by molar-refractivity contribution is 0.0664. The van der Waals surface area contributed by atoms with Gasteiger partial charge in [-0.15, -0.1) is 0 Å². The molecular formula is C13H13NO4S. The van der Waals surface area contributed by atoms with Crippen LogP contribution in [-0.2, 0) is 0 Å². The van der Waals surface area contributed by atoms with E-state index in [2.05, 4.69) is 0 Å². The molecule has 1 aromatic heterocycles. The van der Waals surface area contributed by atoms with Crippen LogP contribution in [0.3, 0.4) is 0 Å². The summed E-state index contributed by atoms with van der Waals surface area (Å²) >= 11 is 1.07. The molecule has 0 fully saturated rings. The summed E-state index contributed by atoms with van der Waals surface area (Å²) in [5.74, 6) is -1.15. The van der Waals surface area contributed by atoms with Crippen LogP contribution in [0, 0.1) is 6.92 Å². The van der Waals surface area contributed by atoms with E-state index in [1.165, 1.54) is 4.90 Å². The van der Waals surface area contributed by atoms with Gasteiger partial charge in [-0.2, -0.15) is 0 Å². The zero-order valence-electron chi connectivity index (χ0n) is 10.8. The van der Waals surface area contributed by atoms with Gasteiger partial charge >= 0.3 is 5.97 Å². The predicted octanol–water partition coefficient (Wildman–Crippen LogP) is 3.21. The highest BCUT2D eigenvalue weighted by Gasteiger charge is 2.17. The average molecular weight is 279 g/mol. The Labute approximate surface area is 114 Å². The van der Waals surface area contributed by atoms with Crippen molar-refractivity contribution in [2.45, 2.75) is 11.8 Å².